The second-order valence-electron chi connectivity index (χ2n) is 5.90. The fourth-order valence-corrected chi connectivity index (χ4v) is 3.65. The highest BCUT2D eigenvalue weighted by molar-refractivity contribution is 7.09. The predicted octanol–water partition coefficient (Wildman–Crippen LogP) is 4.49. The maximum absolute atomic E-state index is 5.80. The van der Waals surface area contributed by atoms with Gasteiger partial charge in [-0.15, -0.1) is 11.3 Å². The number of benzene rings is 1. The molecule has 3 nitrogen and oxygen atoms in total. The van der Waals surface area contributed by atoms with Gasteiger partial charge in [0.1, 0.15) is 0 Å². The first-order valence-corrected chi connectivity index (χ1v) is 8.42. The topological polar surface area (TPSA) is 34.2 Å². The van der Waals surface area contributed by atoms with Crippen molar-refractivity contribution in [1.29, 1.82) is 0 Å². The molecule has 0 spiro atoms. The van der Waals surface area contributed by atoms with Crippen molar-refractivity contribution in [3.05, 3.63) is 34.7 Å². The van der Waals surface area contributed by atoms with Gasteiger partial charge in [0.05, 0.1) is 22.9 Å². The molecule has 1 fully saturated rings. The van der Waals surface area contributed by atoms with Crippen molar-refractivity contribution in [3.63, 3.8) is 0 Å². The standard InChI is InChI=1S/C17H22N2OS/c1-11-7-16(8-12(2)20-11)19-15-6-4-5-14(9-15)17-10-21-13(3)18-17/h4-6,9-12,16,19H,7-8H2,1-3H3. The molecular weight excluding hydrogens is 280 g/mol. The Labute approximate surface area is 130 Å². The molecule has 1 aliphatic rings. The van der Waals surface area contributed by atoms with Crippen molar-refractivity contribution in [2.45, 2.75) is 51.9 Å². The average molecular weight is 302 g/mol. The van der Waals surface area contributed by atoms with E-state index in [1.54, 1.807) is 11.3 Å². The highest BCUT2D eigenvalue weighted by Gasteiger charge is 2.24. The van der Waals surface area contributed by atoms with E-state index in [4.69, 9.17) is 4.74 Å². The third kappa shape index (κ3) is 3.63. The lowest BCUT2D eigenvalue weighted by atomic mass is 9.99. The number of nitrogens with one attached hydrogen (secondary N) is 1. The average Bonchev–Trinajstić information content (AvgIpc) is 2.84. The summed E-state index contributed by atoms with van der Waals surface area (Å²) >= 11 is 1.69. The smallest absolute Gasteiger partial charge is 0.0901 e. The SMILES string of the molecule is Cc1nc(-c2cccc(NC3CC(C)OC(C)C3)c2)cs1. The number of aryl methyl sites for hydroxylation is 1. The highest BCUT2D eigenvalue weighted by atomic mass is 32.1. The van der Waals surface area contributed by atoms with Gasteiger partial charge in [-0.1, -0.05) is 12.1 Å². The Bertz CT molecular complexity index is 600. The molecule has 1 aromatic heterocycles. The summed E-state index contributed by atoms with van der Waals surface area (Å²) in [4.78, 5) is 4.56. The summed E-state index contributed by atoms with van der Waals surface area (Å²) in [6.07, 6.45) is 2.78. The van der Waals surface area contributed by atoms with Crippen LogP contribution in [0.3, 0.4) is 0 Å². The van der Waals surface area contributed by atoms with E-state index in [2.05, 4.69) is 53.8 Å². The van der Waals surface area contributed by atoms with Gasteiger partial charge in [-0.2, -0.15) is 0 Å². The molecule has 112 valence electrons. The number of rotatable bonds is 3. The van der Waals surface area contributed by atoms with Crippen molar-refractivity contribution in [2.75, 3.05) is 5.32 Å². The van der Waals surface area contributed by atoms with Crippen molar-refractivity contribution in [2.24, 2.45) is 0 Å². The van der Waals surface area contributed by atoms with E-state index in [1.807, 2.05) is 6.92 Å². The Hall–Kier alpha value is -1.39. The number of nitrogens with zero attached hydrogens (tertiary/aromatic N) is 1. The Balaban J connectivity index is 1.74. The van der Waals surface area contributed by atoms with E-state index in [9.17, 15) is 0 Å². The van der Waals surface area contributed by atoms with Crippen LogP contribution in [0, 0.1) is 6.92 Å². The fourth-order valence-electron chi connectivity index (χ4n) is 3.02. The zero-order valence-electron chi connectivity index (χ0n) is 12.8. The fraction of sp³-hybridized carbons (Fsp3) is 0.471. The zero-order chi connectivity index (χ0) is 14.8. The molecule has 4 heteroatoms. The summed E-state index contributed by atoms with van der Waals surface area (Å²) < 4.78 is 5.80. The second kappa shape index (κ2) is 6.16. The van der Waals surface area contributed by atoms with Crippen LogP contribution in [0.1, 0.15) is 31.7 Å². The maximum Gasteiger partial charge on any atom is 0.0901 e. The van der Waals surface area contributed by atoms with E-state index >= 15 is 0 Å². The van der Waals surface area contributed by atoms with Crippen LogP contribution >= 0.6 is 11.3 Å². The van der Waals surface area contributed by atoms with Gasteiger partial charge < -0.3 is 10.1 Å². The highest BCUT2D eigenvalue weighted by Crippen LogP contribution is 2.27. The van der Waals surface area contributed by atoms with Crippen LogP contribution in [0.25, 0.3) is 11.3 Å². The third-order valence-electron chi connectivity index (χ3n) is 3.85. The lowest BCUT2D eigenvalue weighted by Crippen LogP contribution is -2.36. The molecule has 0 amide bonds. The number of thiazole rings is 1. The molecule has 2 heterocycles. The largest absolute Gasteiger partial charge is 0.382 e. The summed E-state index contributed by atoms with van der Waals surface area (Å²) in [7, 11) is 0. The Kier molecular flexibility index (Phi) is 4.27. The quantitative estimate of drug-likeness (QED) is 0.907. The molecule has 0 saturated carbocycles. The first-order valence-electron chi connectivity index (χ1n) is 7.54. The molecule has 0 radical (unpaired) electrons. The normalized spacial score (nSPS) is 25.8. The van der Waals surface area contributed by atoms with Crippen LogP contribution in [0.2, 0.25) is 0 Å². The molecule has 1 aliphatic heterocycles. The monoisotopic (exact) mass is 302 g/mol. The lowest BCUT2D eigenvalue weighted by Gasteiger charge is -2.33. The van der Waals surface area contributed by atoms with E-state index < -0.39 is 0 Å². The summed E-state index contributed by atoms with van der Waals surface area (Å²) in [6, 6.07) is 9.02. The summed E-state index contributed by atoms with van der Waals surface area (Å²) in [6.45, 7) is 6.35. The van der Waals surface area contributed by atoms with E-state index in [0.717, 1.165) is 23.5 Å². The molecule has 1 N–H and O–H groups in total. The first kappa shape index (κ1) is 14.5. The van der Waals surface area contributed by atoms with Crippen LogP contribution in [-0.4, -0.2) is 23.2 Å². The Morgan fingerprint density at radius 2 is 2.00 bits per heavy atom. The number of ether oxygens (including phenoxy) is 1. The lowest BCUT2D eigenvalue weighted by molar-refractivity contribution is -0.0337. The van der Waals surface area contributed by atoms with Gasteiger partial charge in [-0.05, 0) is 45.7 Å². The number of hydrogen-bond donors (Lipinski definition) is 1. The minimum atomic E-state index is 0.329. The summed E-state index contributed by atoms with van der Waals surface area (Å²) in [5, 5.41) is 6.88. The summed E-state index contributed by atoms with van der Waals surface area (Å²) in [5.41, 5.74) is 3.41. The van der Waals surface area contributed by atoms with Crippen LogP contribution in [0.5, 0.6) is 0 Å². The molecule has 2 unspecified atom stereocenters. The predicted molar refractivity (Wildman–Crippen MR) is 88.9 cm³/mol. The number of anilines is 1. The molecule has 0 bridgehead atoms. The van der Waals surface area contributed by atoms with E-state index in [0.29, 0.717) is 18.2 Å². The van der Waals surface area contributed by atoms with E-state index in [1.165, 1.54) is 11.3 Å². The molecule has 1 saturated heterocycles. The first-order chi connectivity index (χ1) is 10.1. The maximum atomic E-state index is 5.80. The minimum Gasteiger partial charge on any atom is -0.382 e. The molecule has 21 heavy (non-hydrogen) atoms. The van der Waals surface area contributed by atoms with Crippen molar-refractivity contribution >= 4 is 17.0 Å². The third-order valence-corrected chi connectivity index (χ3v) is 4.62. The number of aromatic nitrogens is 1. The molecule has 2 atom stereocenters. The molecule has 3 rings (SSSR count). The van der Waals surface area contributed by atoms with Gasteiger partial charge in [0, 0.05) is 22.7 Å². The van der Waals surface area contributed by atoms with Crippen LogP contribution in [0.15, 0.2) is 29.6 Å². The van der Waals surface area contributed by atoms with Gasteiger partial charge >= 0.3 is 0 Å². The summed E-state index contributed by atoms with van der Waals surface area (Å²) in [5.74, 6) is 0. The Morgan fingerprint density at radius 1 is 1.24 bits per heavy atom. The second-order valence-corrected chi connectivity index (χ2v) is 6.96. The van der Waals surface area contributed by atoms with Crippen molar-refractivity contribution in [1.82, 2.24) is 4.98 Å². The van der Waals surface area contributed by atoms with Gasteiger partial charge in [-0.25, -0.2) is 4.98 Å². The van der Waals surface area contributed by atoms with Crippen LogP contribution in [-0.2, 0) is 4.74 Å². The molecule has 0 aliphatic carbocycles. The van der Waals surface area contributed by atoms with Crippen molar-refractivity contribution in [3.8, 4) is 11.3 Å². The van der Waals surface area contributed by atoms with Gasteiger partial charge in [0.15, 0.2) is 0 Å². The van der Waals surface area contributed by atoms with Crippen LogP contribution in [0.4, 0.5) is 5.69 Å². The van der Waals surface area contributed by atoms with Gasteiger partial charge in [0.2, 0.25) is 0 Å². The number of hydrogen-bond acceptors (Lipinski definition) is 4. The van der Waals surface area contributed by atoms with E-state index in [-0.39, 0.29) is 0 Å². The Morgan fingerprint density at radius 3 is 2.67 bits per heavy atom. The molecule has 2 aromatic rings. The molecule has 1 aromatic carbocycles. The minimum absolute atomic E-state index is 0.329. The van der Waals surface area contributed by atoms with Crippen molar-refractivity contribution < 1.29 is 4.74 Å². The van der Waals surface area contributed by atoms with Gasteiger partial charge in [-0.3, -0.25) is 0 Å². The van der Waals surface area contributed by atoms with Gasteiger partial charge in [0.25, 0.3) is 0 Å². The molecular formula is C17H22N2OS. The van der Waals surface area contributed by atoms with Crippen LogP contribution < -0.4 is 5.32 Å². The zero-order valence-corrected chi connectivity index (χ0v) is 13.6.